The summed E-state index contributed by atoms with van der Waals surface area (Å²) < 4.78 is 1.58. The van der Waals surface area contributed by atoms with Crippen LogP contribution in [0.2, 0.25) is 0 Å². The molecule has 5 rings (SSSR count). The predicted molar refractivity (Wildman–Crippen MR) is 113 cm³/mol. The fraction of sp³-hybridized carbons (Fsp3) is 0.300. The van der Waals surface area contributed by atoms with Gasteiger partial charge in [-0.15, -0.1) is 16.4 Å². The van der Waals surface area contributed by atoms with E-state index in [2.05, 4.69) is 62.8 Å². The standard InChI is InChI=1S/C20H21N5OS2/c1-14-21-20-25(22-14)19(26)18(28-20)17(16-8-5-13-27-16)24-11-9-23(10-12-24)15-6-3-2-4-7-15/h2-8,13,17,26H,9-12H2,1H3/p+1/t17-/m0/s1. The van der Waals surface area contributed by atoms with Gasteiger partial charge in [0.1, 0.15) is 10.7 Å². The molecular formula is C20H22N5OS2+. The van der Waals surface area contributed by atoms with Gasteiger partial charge in [0.05, 0.1) is 31.1 Å². The number of nitrogens with zero attached hydrogens (tertiary/aromatic N) is 4. The van der Waals surface area contributed by atoms with Crippen molar-refractivity contribution in [3.05, 3.63) is 63.4 Å². The molecule has 3 aromatic heterocycles. The van der Waals surface area contributed by atoms with Gasteiger partial charge in [0.2, 0.25) is 10.8 Å². The number of benzene rings is 1. The highest BCUT2D eigenvalue weighted by molar-refractivity contribution is 7.17. The number of aromatic nitrogens is 3. The molecule has 0 spiro atoms. The Hall–Kier alpha value is -2.42. The minimum Gasteiger partial charge on any atom is -0.492 e. The molecule has 4 heterocycles. The van der Waals surface area contributed by atoms with E-state index in [1.54, 1.807) is 27.2 Å². The van der Waals surface area contributed by atoms with E-state index in [4.69, 9.17) is 0 Å². The van der Waals surface area contributed by atoms with Crippen molar-refractivity contribution in [3.63, 3.8) is 0 Å². The van der Waals surface area contributed by atoms with Gasteiger partial charge in [0, 0.05) is 5.69 Å². The van der Waals surface area contributed by atoms with Crippen LogP contribution in [0.3, 0.4) is 0 Å². The van der Waals surface area contributed by atoms with Crippen LogP contribution in [0.4, 0.5) is 5.69 Å². The lowest BCUT2D eigenvalue weighted by Gasteiger charge is -2.37. The Morgan fingerprint density at radius 1 is 1.11 bits per heavy atom. The molecule has 1 fully saturated rings. The molecule has 8 heteroatoms. The molecule has 0 amide bonds. The Bertz CT molecular complexity index is 1070. The first-order valence-corrected chi connectivity index (χ1v) is 11.1. The quantitative estimate of drug-likeness (QED) is 0.540. The van der Waals surface area contributed by atoms with Crippen molar-refractivity contribution in [2.45, 2.75) is 13.0 Å². The van der Waals surface area contributed by atoms with Crippen molar-refractivity contribution in [2.24, 2.45) is 0 Å². The molecule has 1 aromatic carbocycles. The predicted octanol–water partition coefficient (Wildman–Crippen LogP) is 2.36. The first kappa shape index (κ1) is 17.7. The fourth-order valence-electron chi connectivity index (χ4n) is 3.99. The molecule has 0 bridgehead atoms. The maximum atomic E-state index is 10.9. The van der Waals surface area contributed by atoms with E-state index >= 15 is 0 Å². The molecule has 1 aliphatic rings. The number of nitrogens with one attached hydrogen (secondary N) is 1. The summed E-state index contributed by atoms with van der Waals surface area (Å²) >= 11 is 3.31. The van der Waals surface area contributed by atoms with Crippen LogP contribution in [-0.2, 0) is 0 Å². The van der Waals surface area contributed by atoms with Crippen LogP contribution in [0.5, 0.6) is 5.88 Å². The van der Waals surface area contributed by atoms with E-state index < -0.39 is 0 Å². The zero-order chi connectivity index (χ0) is 19.1. The van der Waals surface area contributed by atoms with Crippen molar-refractivity contribution in [3.8, 4) is 5.88 Å². The van der Waals surface area contributed by atoms with E-state index in [1.165, 1.54) is 15.5 Å². The third-order valence-corrected chi connectivity index (χ3v) is 7.35. The highest BCUT2D eigenvalue weighted by Gasteiger charge is 2.35. The van der Waals surface area contributed by atoms with E-state index in [1.807, 2.05) is 6.92 Å². The van der Waals surface area contributed by atoms with E-state index in [0.29, 0.717) is 5.82 Å². The minimum atomic E-state index is 0.117. The lowest BCUT2D eigenvalue weighted by Crippen LogP contribution is -3.15. The van der Waals surface area contributed by atoms with Gasteiger partial charge in [-0.1, -0.05) is 35.6 Å². The van der Waals surface area contributed by atoms with Gasteiger partial charge in [0.25, 0.3) is 0 Å². The van der Waals surface area contributed by atoms with Crippen molar-refractivity contribution in [1.29, 1.82) is 0 Å². The van der Waals surface area contributed by atoms with Crippen molar-refractivity contribution >= 4 is 33.3 Å². The molecule has 28 heavy (non-hydrogen) atoms. The molecule has 1 atom stereocenters. The normalized spacial score (nSPS) is 16.7. The lowest BCUT2D eigenvalue weighted by molar-refractivity contribution is -0.925. The van der Waals surface area contributed by atoms with E-state index in [0.717, 1.165) is 36.0 Å². The van der Waals surface area contributed by atoms with Gasteiger partial charge in [-0.25, -0.2) is 4.98 Å². The highest BCUT2D eigenvalue weighted by atomic mass is 32.1. The molecule has 0 saturated carbocycles. The maximum absolute atomic E-state index is 10.9. The molecule has 0 aliphatic carbocycles. The average Bonchev–Trinajstić information content (AvgIpc) is 3.43. The number of aromatic hydroxyl groups is 1. The second-order valence-corrected chi connectivity index (χ2v) is 9.06. The van der Waals surface area contributed by atoms with Gasteiger partial charge in [0.15, 0.2) is 6.04 Å². The lowest BCUT2D eigenvalue weighted by atomic mass is 10.1. The third kappa shape index (κ3) is 3.07. The Labute approximate surface area is 171 Å². The van der Waals surface area contributed by atoms with Gasteiger partial charge in [-0.05, 0) is 30.5 Å². The second kappa shape index (κ2) is 7.20. The summed E-state index contributed by atoms with van der Waals surface area (Å²) in [7, 11) is 0. The van der Waals surface area contributed by atoms with Crippen molar-refractivity contribution in [1.82, 2.24) is 14.6 Å². The molecule has 6 nitrogen and oxygen atoms in total. The van der Waals surface area contributed by atoms with Crippen LogP contribution in [0.1, 0.15) is 21.6 Å². The zero-order valence-electron chi connectivity index (χ0n) is 15.6. The van der Waals surface area contributed by atoms with Crippen LogP contribution < -0.4 is 9.80 Å². The van der Waals surface area contributed by atoms with Gasteiger partial charge in [-0.2, -0.15) is 4.52 Å². The molecule has 0 radical (unpaired) electrons. The Kier molecular flexibility index (Phi) is 4.54. The first-order chi connectivity index (χ1) is 13.7. The number of thiophene rings is 1. The smallest absolute Gasteiger partial charge is 0.235 e. The summed E-state index contributed by atoms with van der Waals surface area (Å²) in [5.41, 5.74) is 1.28. The summed E-state index contributed by atoms with van der Waals surface area (Å²) in [5.74, 6) is 0.918. The van der Waals surface area contributed by atoms with Crippen LogP contribution in [0.25, 0.3) is 4.96 Å². The Morgan fingerprint density at radius 2 is 1.89 bits per heavy atom. The van der Waals surface area contributed by atoms with Crippen LogP contribution in [0, 0.1) is 6.92 Å². The number of para-hydroxylation sites is 1. The van der Waals surface area contributed by atoms with E-state index in [-0.39, 0.29) is 11.9 Å². The SMILES string of the molecule is Cc1nc2sc([C@H](c3cccs3)[NH+]3CCN(c4ccccc4)CC3)c(O)n2n1. The molecule has 2 N–H and O–H groups in total. The fourth-order valence-corrected chi connectivity index (χ4v) is 6.13. The second-order valence-electron chi connectivity index (χ2n) is 7.07. The average molecular weight is 413 g/mol. The largest absolute Gasteiger partial charge is 0.492 e. The highest BCUT2D eigenvalue weighted by Crippen LogP contribution is 2.36. The number of piperazine rings is 1. The summed E-state index contributed by atoms with van der Waals surface area (Å²) in [6, 6.07) is 15.0. The molecule has 1 aliphatic heterocycles. The summed E-state index contributed by atoms with van der Waals surface area (Å²) in [6.07, 6.45) is 0. The maximum Gasteiger partial charge on any atom is 0.235 e. The molecule has 4 aromatic rings. The monoisotopic (exact) mass is 412 g/mol. The summed E-state index contributed by atoms with van der Waals surface area (Å²) in [4.78, 5) is 11.4. The molecule has 1 saturated heterocycles. The molecule has 0 unspecified atom stereocenters. The number of fused-ring (bicyclic) bond motifs is 1. The van der Waals surface area contributed by atoms with Crippen LogP contribution in [-0.4, -0.2) is 45.9 Å². The molecular weight excluding hydrogens is 390 g/mol. The van der Waals surface area contributed by atoms with Crippen molar-refractivity contribution in [2.75, 3.05) is 31.1 Å². The van der Waals surface area contributed by atoms with Crippen LogP contribution in [0.15, 0.2) is 47.8 Å². The summed E-state index contributed by atoms with van der Waals surface area (Å²) in [5, 5.41) is 17.3. The topological polar surface area (TPSA) is 58.1 Å². The van der Waals surface area contributed by atoms with E-state index in [9.17, 15) is 5.11 Å². The molecule has 144 valence electrons. The Morgan fingerprint density at radius 3 is 2.57 bits per heavy atom. The number of thiazole rings is 1. The number of quaternary nitrogens is 1. The van der Waals surface area contributed by atoms with Gasteiger partial charge < -0.3 is 14.9 Å². The summed E-state index contributed by atoms with van der Waals surface area (Å²) in [6.45, 7) is 5.89. The Balaban J connectivity index is 1.45. The number of hydrogen-bond donors (Lipinski definition) is 2. The number of aryl methyl sites for hydroxylation is 1. The van der Waals surface area contributed by atoms with Gasteiger partial charge >= 0.3 is 0 Å². The first-order valence-electron chi connectivity index (χ1n) is 9.43. The van der Waals surface area contributed by atoms with Crippen molar-refractivity contribution < 1.29 is 10.0 Å². The zero-order valence-corrected chi connectivity index (χ0v) is 17.2. The van der Waals surface area contributed by atoms with Crippen LogP contribution >= 0.6 is 22.7 Å². The number of rotatable bonds is 4. The van der Waals surface area contributed by atoms with Gasteiger partial charge in [-0.3, -0.25) is 0 Å². The number of anilines is 1. The minimum absolute atomic E-state index is 0.117. The third-order valence-electron chi connectivity index (χ3n) is 5.33. The number of hydrogen-bond acceptors (Lipinski definition) is 6.